The highest BCUT2D eigenvalue weighted by Gasteiger charge is 2.30. The molecule has 3 heterocycles. The van der Waals surface area contributed by atoms with Gasteiger partial charge in [-0.2, -0.15) is 0 Å². The van der Waals surface area contributed by atoms with Gasteiger partial charge in [0.1, 0.15) is 5.52 Å². The van der Waals surface area contributed by atoms with E-state index in [1.54, 1.807) is 11.3 Å². The molecule has 4 rings (SSSR count). The van der Waals surface area contributed by atoms with Gasteiger partial charge >= 0.3 is 0 Å². The van der Waals surface area contributed by atoms with E-state index in [1.165, 1.54) is 23.3 Å². The Bertz CT molecular complexity index is 767. The third-order valence-electron chi connectivity index (χ3n) is 3.50. The van der Waals surface area contributed by atoms with Crippen molar-refractivity contribution in [1.29, 1.82) is 0 Å². The Morgan fingerprint density at radius 1 is 1.42 bits per heavy atom. The van der Waals surface area contributed by atoms with Crippen molar-refractivity contribution in [1.82, 2.24) is 14.5 Å². The summed E-state index contributed by atoms with van der Waals surface area (Å²) in [5.41, 5.74) is 9.07. The van der Waals surface area contributed by atoms with Gasteiger partial charge in [0.15, 0.2) is 11.5 Å². The summed E-state index contributed by atoms with van der Waals surface area (Å²) in [7, 11) is 0. The molecule has 3 aromatic rings. The molecule has 0 aliphatic heterocycles. The van der Waals surface area contributed by atoms with E-state index < -0.39 is 0 Å². The molecule has 4 nitrogen and oxygen atoms in total. The van der Waals surface area contributed by atoms with Crippen LogP contribution >= 0.6 is 11.3 Å². The molecule has 1 aliphatic carbocycles. The van der Waals surface area contributed by atoms with Crippen molar-refractivity contribution in [2.45, 2.75) is 25.8 Å². The van der Waals surface area contributed by atoms with Crippen LogP contribution in [0.25, 0.3) is 21.9 Å². The molecule has 3 aromatic heterocycles. The van der Waals surface area contributed by atoms with Gasteiger partial charge < -0.3 is 10.3 Å². The molecule has 2 N–H and O–H groups in total. The maximum absolute atomic E-state index is 5.92. The number of hydrogen-bond acceptors (Lipinski definition) is 4. The Hall–Kier alpha value is -1.88. The van der Waals surface area contributed by atoms with E-state index in [-0.39, 0.29) is 0 Å². The van der Waals surface area contributed by atoms with E-state index in [2.05, 4.69) is 16.5 Å². The van der Waals surface area contributed by atoms with Crippen LogP contribution in [0, 0.1) is 6.92 Å². The maximum Gasteiger partial charge on any atom is 0.160 e. The van der Waals surface area contributed by atoms with E-state index in [0.29, 0.717) is 6.04 Å². The number of nitrogens with two attached hydrogens (primary N) is 1. The number of aromatic nitrogens is 3. The van der Waals surface area contributed by atoms with E-state index in [1.807, 2.05) is 24.4 Å². The van der Waals surface area contributed by atoms with Crippen LogP contribution < -0.4 is 5.73 Å². The maximum atomic E-state index is 5.92. The van der Waals surface area contributed by atoms with Gasteiger partial charge in [0.05, 0.1) is 9.88 Å². The average molecular weight is 270 g/mol. The summed E-state index contributed by atoms with van der Waals surface area (Å²) in [5, 5.41) is 0.842. The van der Waals surface area contributed by atoms with Crippen LogP contribution in [0.2, 0.25) is 0 Å². The Labute approximate surface area is 114 Å². The van der Waals surface area contributed by atoms with Crippen molar-refractivity contribution in [2.24, 2.45) is 0 Å². The highest BCUT2D eigenvalue weighted by atomic mass is 32.1. The number of hydrogen-bond donors (Lipinski definition) is 1. The molecule has 0 amide bonds. The van der Waals surface area contributed by atoms with Gasteiger partial charge in [-0.1, -0.05) is 0 Å². The predicted molar refractivity (Wildman–Crippen MR) is 78.3 cm³/mol. The monoisotopic (exact) mass is 270 g/mol. The van der Waals surface area contributed by atoms with E-state index in [9.17, 15) is 0 Å². The molecule has 1 fully saturated rings. The Morgan fingerprint density at radius 2 is 2.26 bits per heavy atom. The number of anilines is 1. The van der Waals surface area contributed by atoms with E-state index in [4.69, 9.17) is 10.7 Å². The number of imidazole rings is 1. The SMILES string of the molecule is Cc1cc(N)sc1-c1nc2cccnc2n1C1CC1. The van der Waals surface area contributed by atoms with Gasteiger partial charge in [-0.3, -0.25) is 0 Å². The van der Waals surface area contributed by atoms with Crippen LogP contribution in [-0.2, 0) is 0 Å². The van der Waals surface area contributed by atoms with Crippen LogP contribution in [0.3, 0.4) is 0 Å². The van der Waals surface area contributed by atoms with E-state index >= 15 is 0 Å². The lowest BCUT2D eigenvalue weighted by molar-refractivity contribution is 0.767. The molecule has 0 spiro atoms. The summed E-state index contributed by atoms with van der Waals surface area (Å²) in [6.07, 6.45) is 4.27. The first-order chi connectivity index (χ1) is 9.24. The number of nitrogens with zero attached hydrogens (tertiary/aromatic N) is 3. The minimum Gasteiger partial charge on any atom is -0.391 e. The third kappa shape index (κ3) is 1.65. The van der Waals surface area contributed by atoms with Crippen molar-refractivity contribution in [3.63, 3.8) is 0 Å². The van der Waals surface area contributed by atoms with Crippen molar-refractivity contribution in [3.05, 3.63) is 30.0 Å². The van der Waals surface area contributed by atoms with Crippen LogP contribution in [0.1, 0.15) is 24.4 Å². The first-order valence-electron chi connectivity index (χ1n) is 6.43. The number of pyridine rings is 1. The lowest BCUT2D eigenvalue weighted by atomic mass is 10.3. The fourth-order valence-corrected chi connectivity index (χ4v) is 3.42. The van der Waals surface area contributed by atoms with Crippen LogP contribution in [0.5, 0.6) is 0 Å². The lowest BCUT2D eigenvalue weighted by Crippen LogP contribution is -1.98. The van der Waals surface area contributed by atoms with Gasteiger partial charge in [-0.25, -0.2) is 9.97 Å². The van der Waals surface area contributed by atoms with Gasteiger partial charge in [0.2, 0.25) is 0 Å². The highest BCUT2D eigenvalue weighted by Crippen LogP contribution is 2.43. The van der Waals surface area contributed by atoms with Crippen LogP contribution in [-0.4, -0.2) is 14.5 Å². The molecule has 96 valence electrons. The zero-order valence-corrected chi connectivity index (χ0v) is 11.4. The highest BCUT2D eigenvalue weighted by molar-refractivity contribution is 7.19. The Balaban J connectivity index is 2.03. The second kappa shape index (κ2) is 3.81. The summed E-state index contributed by atoms with van der Waals surface area (Å²) >= 11 is 1.61. The molecule has 0 aromatic carbocycles. The van der Waals surface area contributed by atoms with Crippen molar-refractivity contribution in [2.75, 3.05) is 5.73 Å². The molecular weight excluding hydrogens is 256 g/mol. The van der Waals surface area contributed by atoms with Crippen molar-refractivity contribution < 1.29 is 0 Å². The molecule has 0 atom stereocenters. The minimum absolute atomic E-state index is 0.553. The first kappa shape index (κ1) is 11.0. The molecule has 5 heteroatoms. The van der Waals surface area contributed by atoms with Crippen molar-refractivity contribution in [3.8, 4) is 10.7 Å². The van der Waals surface area contributed by atoms with Gasteiger partial charge in [-0.05, 0) is 43.5 Å². The Morgan fingerprint density at radius 3 is 2.95 bits per heavy atom. The third-order valence-corrected chi connectivity index (χ3v) is 4.56. The number of thiophene rings is 1. The smallest absolute Gasteiger partial charge is 0.160 e. The quantitative estimate of drug-likeness (QED) is 0.776. The number of nitrogen functional groups attached to an aromatic ring is 1. The number of rotatable bonds is 2. The lowest BCUT2D eigenvalue weighted by Gasteiger charge is -2.05. The topological polar surface area (TPSA) is 56.7 Å². The number of aryl methyl sites for hydroxylation is 1. The van der Waals surface area contributed by atoms with Gasteiger partial charge in [0.25, 0.3) is 0 Å². The summed E-state index contributed by atoms with van der Waals surface area (Å²) in [5.74, 6) is 1.02. The molecule has 19 heavy (non-hydrogen) atoms. The van der Waals surface area contributed by atoms with Crippen LogP contribution in [0.4, 0.5) is 5.00 Å². The fourth-order valence-electron chi connectivity index (χ4n) is 2.50. The molecule has 0 saturated heterocycles. The molecule has 0 radical (unpaired) electrons. The van der Waals surface area contributed by atoms with Crippen molar-refractivity contribution >= 4 is 27.5 Å². The second-order valence-electron chi connectivity index (χ2n) is 5.04. The second-order valence-corrected chi connectivity index (χ2v) is 6.13. The summed E-state index contributed by atoms with van der Waals surface area (Å²) in [6.45, 7) is 2.09. The normalized spacial score (nSPS) is 15.2. The zero-order chi connectivity index (χ0) is 13.0. The zero-order valence-electron chi connectivity index (χ0n) is 10.6. The molecule has 0 unspecified atom stereocenters. The van der Waals surface area contributed by atoms with Crippen LogP contribution in [0.15, 0.2) is 24.4 Å². The molecular formula is C14H14N4S. The number of fused-ring (bicyclic) bond motifs is 1. The summed E-state index contributed by atoms with van der Waals surface area (Å²) < 4.78 is 2.29. The molecule has 1 saturated carbocycles. The largest absolute Gasteiger partial charge is 0.391 e. The fraction of sp³-hybridized carbons (Fsp3) is 0.286. The van der Waals surface area contributed by atoms with Gasteiger partial charge in [0, 0.05) is 12.2 Å². The standard InChI is InChI=1S/C14H14N4S/c1-8-7-11(15)19-12(8)14-17-10-3-2-6-16-13(10)18(14)9-4-5-9/h2-3,6-7,9H,4-5,15H2,1H3. The summed E-state index contributed by atoms with van der Waals surface area (Å²) in [6, 6.07) is 6.53. The Kier molecular flexibility index (Phi) is 2.20. The first-order valence-corrected chi connectivity index (χ1v) is 7.25. The molecule has 0 bridgehead atoms. The molecule has 1 aliphatic rings. The van der Waals surface area contributed by atoms with Gasteiger partial charge in [-0.15, -0.1) is 11.3 Å². The predicted octanol–water partition coefficient (Wildman–Crippen LogP) is 3.39. The van der Waals surface area contributed by atoms with E-state index in [0.717, 1.165) is 22.0 Å². The summed E-state index contributed by atoms with van der Waals surface area (Å²) in [4.78, 5) is 10.4. The average Bonchev–Trinajstić information content (AvgIpc) is 3.07. The minimum atomic E-state index is 0.553.